The third-order valence-electron chi connectivity index (χ3n) is 2.36. The number of halogens is 3. The standard InChI is InChI=1S/C13H10ClF2NS/c14-9-1-3-12(8(5-9)7-17)18-13-4-2-10(15)6-11(13)16/h1-6H,7,17H2. The van der Waals surface area contributed by atoms with Gasteiger partial charge in [-0.2, -0.15) is 0 Å². The summed E-state index contributed by atoms with van der Waals surface area (Å²) in [6.07, 6.45) is 0. The molecule has 0 heterocycles. The minimum Gasteiger partial charge on any atom is -0.326 e. The van der Waals surface area contributed by atoms with E-state index in [9.17, 15) is 8.78 Å². The maximum absolute atomic E-state index is 13.5. The van der Waals surface area contributed by atoms with Crippen molar-refractivity contribution in [3.8, 4) is 0 Å². The molecule has 2 aromatic rings. The molecule has 0 saturated heterocycles. The lowest BCUT2D eigenvalue weighted by molar-refractivity contribution is 0.565. The van der Waals surface area contributed by atoms with Crippen LogP contribution in [0.2, 0.25) is 5.02 Å². The predicted octanol–water partition coefficient (Wildman–Crippen LogP) is 4.23. The average molecular weight is 286 g/mol. The molecule has 18 heavy (non-hydrogen) atoms. The van der Waals surface area contributed by atoms with Crippen molar-refractivity contribution in [1.29, 1.82) is 0 Å². The van der Waals surface area contributed by atoms with Gasteiger partial charge in [0.2, 0.25) is 0 Å². The van der Waals surface area contributed by atoms with Crippen LogP contribution < -0.4 is 5.73 Å². The zero-order chi connectivity index (χ0) is 13.1. The normalized spacial score (nSPS) is 10.7. The number of hydrogen-bond acceptors (Lipinski definition) is 2. The Hall–Kier alpha value is -1.10. The molecular formula is C13H10ClF2NS. The van der Waals surface area contributed by atoms with Crippen LogP contribution in [0.4, 0.5) is 8.78 Å². The molecule has 2 aromatic carbocycles. The van der Waals surface area contributed by atoms with Crippen molar-refractivity contribution in [1.82, 2.24) is 0 Å². The first-order valence-electron chi connectivity index (χ1n) is 5.21. The van der Waals surface area contributed by atoms with Gasteiger partial charge in [-0.25, -0.2) is 8.78 Å². The van der Waals surface area contributed by atoms with Gasteiger partial charge in [-0.05, 0) is 35.9 Å². The molecule has 0 aliphatic heterocycles. The molecule has 0 aliphatic rings. The van der Waals surface area contributed by atoms with Crippen LogP contribution in [0.25, 0.3) is 0 Å². The van der Waals surface area contributed by atoms with Crippen molar-refractivity contribution in [2.24, 2.45) is 5.73 Å². The molecular weight excluding hydrogens is 276 g/mol. The first-order chi connectivity index (χ1) is 8.60. The summed E-state index contributed by atoms with van der Waals surface area (Å²) in [6, 6.07) is 8.72. The number of benzene rings is 2. The van der Waals surface area contributed by atoms with Crippen molar-refractivity contribution in [3.63, 3.8) is 0 Å². The largest absolute Gasteiger partial charge is 0.326 e. The smallest absolute Gasteiger partial charge is 0.140 e. The Morgan fingerprint density at radius 2 is 1.78 bits per heavy atom. The van der Waals surface area contributed by atoms with E-state index in [4.69, 9.17) is 17.3 Å². The molecule has 0 aromatic heterocycles. The van der Waals surface area contributed by atoms with Gasteiger partial charge in [-0.15, -0.1) is 0 Å². The van der Waals surface area contributed by atoms with Crippen LogP contribution in [0.5, 0.6) is 0 Å². The summed E-state index contributed by atoms with van der Waals surface area (Å²) in [5, 5.41) is 0.583. The molecule has 94 valence electrons. The summed E-state index contributed by atoms with van der Waals surface area (Å²) in [7, 11) is 0. The van der Waals surface area contributed by atoms with E-state index in [1.165, 1.54) is 23.9 Å². The number of nitrogens with two attached hydrogens (primary N) is 1. The van der Waals surface area contributed by atoms with Gasteiger partial charge in [0.15, 0.2) is 0 Å². The molecule has 0 amide bonds. The minimum atomic E-state index is -0.591. The van der Waals surface area contributed by atoms with Crippen LogP contribution in [-0.4, -0.2) is 0 Å². The third-order valence-corrected chi connectivity index (χ3v) is 3.76. The van der Waals surface area contributed by atoms with Crippen LogP contribution in [0.3, 0.4) is 0 Å². The predicted molar refractivity (Wildman–Crippen MR) is 69.8 cm³/mol. The Labute approximate surface area is 113 Å². The van der Waals surface area contributed by atoms with Gasteiger partial charge in [0.1, 0.15) is 11.6 Å². The van der Waals surface area contributed by atoms with Crippen molar-refractivity contribution in [3.05, 3.63) is 58.6 Å². The fourth-order valence-electron chi connectivity index (χ4n) is 1.48. The lowest BCUT2D eigenvalue weighted by Gasteiger charge is -2.08. The lowest BCUT2D eigenvalue weighted by atomic mass is 10.2. The number of rotatable bonds is 3. The first kappa shape index (κ1) is 13.3. The van der Waals surface area contributed by atoms with Crippen molar-refractivity contribution < 1.29 is 8.78 Å². The van der Waals surface area contributed by atoms with E-state index in [1.807, 2.05) is 0 Å². The van der Waals surface area contributed by atoms with Crippen LogP contribution >= 0.6 is 23.4 Å². The van der Waals surface area contributed by atoms with E-state index in [0.717, 1.165) is 16.5 Å². The van der Waals surface area contributed by atoms with Gasteiger partial charge in [0, 0.05) is 27.4 Å². The zero-order valence-electron chi connectivity index (χ0n) is 9.29. The van der Waals surface area contributed by atoms with E-state index in [0.29, 0.717) is 16.5 Å². The molecule has 0 aliphatic carbocycles. The SMILES string of the molecule is NCc1cc(Cl)ccc1Sc1ccc(F)cc1F. The van der Waals surface area contributed by atoms with Crippen LogP contribution in [0.1, 0.15) is 5.56 Å². The average Bonchev–Trinajstić information content (AvgIpc) is 2.34. The summed E-state index contributed by atoms with van der Waals surface area (Å²) in [5.74, 6) is -1.18. The topological polar surface area (TPSA) is 26.0 Å². The zero-order valence-corrected chi connectivity index (χ0v) is 10.9. The van der Waals surface area contributed by atoms with Gasteiger partial charge in [0.25, 0.3) is 0 Å². The fraction of sp³-hybridized carbons (Fsp3) is 0.0769. The van der Waals surface area contributed by atoms with E-state index in [2.05, 4.69) is 0 Å². The quantitative estimate of drug-likeness (QED) is 0.913. The van der Waals surface area contributed by atoms with Gasteiger partial charge < -0.3 is 5.73 Å². The fourth-order valence-corrected chi connectivity index (χ4v) is 2.62. The van der Waals surface area contributed by atoms with Crippen LogP contribution in [0.15, 0.2) is 46.2 Å². The molecule has 0 atom stereocenters. The minimum absolute atomic E-state index is 0.311. The van der Waals surface area contributed by atoms with E-state index in [-0.39, 0.29) is 0 Å². The summed E-state index contributed by atoms with van der Waals surface area (Å²) in [4.78, 5) is 1.17. The van der Waals surface area contributed by atoms with Crippen molar-refractivity contribution in [2.45, 2.75) is 16.3 Å². The molecule has 0 saturated carbocycles. The monoisotopic (exact) mass is 285 g/mol. The van der Waals surface area contributed by atoms with Crippen molar-refractivity contribution >= 4 is 23.4 Å². The van der Waals surface area contributed by atoms with Gasteiger partial charge in [-0.3, -0.25) is 0 Å². The second kappa shape index (κ2) is 5.69. The second-order valence-corrected chi connectivity index (χ2v) is 5.15. The summed E-state index contributed by atoms with van der Waals surface area (Å²) in [5.41, 5.74) is 6.44. The van der Waals surface area contributed by atoms with E-state index >= 15 is 0 Å². The summed E-state index contributed by atoms with van der Waals surface area (Å²) < 4.78 is 26.3. The Morgan fingerprint density at radius 1 is 1.06 bits per heavy atom. The Balaban J connectivity index is 2.33. The van der Waals surface area contributed by atoms with Crippen molar-refractivity contribution in [2.75, 3.05) is 0 Å². The molecule has 2 rings (SSSR count). The molecule has 0 fully saturated rings. The highest BCUT2D eigenvalue weighted by Gasteiger charge is 2.09. The van der Waals surface area contributed by atoms with Gasteiger partial charge in [-0.1, -0.05) is 23.4 Å². The molecule has 0 radical (unpaired) electrons. The highest BCUT2D eigenvalue weighted by Crippen LogP contribution is 2.33. The maximum atomic E-state index is 13.5. The van der Waals surface area contributed by atoms with Crippen LogP contribution in [0, 0.1) is 11.6 Å². The molecule has 5 heteroatoms. The molecule has 0 bridgehead atoms. The molecule has 0 unspecified atom stereocenters. The Bertz CT molecular complexity index is 575. The maximum Gasteiger partial charge on any atom is 0.140 e. The number of hydrogen-bond donors (Lipinski definition) is 1. The Morgan fingerprint density at radius 3 is 2.44 bits per heavy atom. The van der Waals surface area contributed by atoms with Gasteiger partial charge in [0.05, 0.1) is 0 Å². The Kier molecular flexibility index (Phi) is 4.22. The highest BCUT2D eigenvalue weighted by molar-refractivity contribution is 7.99. The summed E-state index contributed by atoms with van der Waals surface area (Å²) >= 11 is 7.06. The van der Waals surface area contributed by atoms with Gasteiger partial charge >= 0.3 is 0 Å². The highest BCUT2D eigenvalue weighted by atomic mass is 35.5. The second-order valence-electron chi connectivity index (χ2n) is 3.63. The molecule has 1 nitrogen and oxygen atoms in total. The molecule has 0 spiro atoms. The lowest BCUT2D eigenvalue weighted by Crippen LogP contribution is -1.98. The molecule has 2 N–H and O–H groups in total. The van der Waals surface area contributed by atoms with Crippen LogP contribution in [-0.2, 0) is 6.54 Å². The first-order valence-corrected chi connectivity index (χ1v) is 6.41. The van der Waals surface area contributed by atoms with E-state index < -0.39 is 11.6 Å². The summed E-state index contributed by atoms with van der Waals surface area (Å²) in [6.45, 7) is 0.311. The van der Waals surface area contributed by atoms with E-state index in [1.54, 1.807) is 18.2 Å². The third kappa shape index (κ3) is 3.02.